The van der Waals surface area contributed by atoms with Crippen molar-refractivity contribution in [3.05, 3.63) is 40.4 Å². The highest BCUT2D eigenvalue weighted by atomic mass is 32.2. The molecule has 0 aliphatic heterocycles. The van der Waals surface area contributed by atoms with Crippen LogP contribution in [0.3, 0.4) is 0 Å². The zero-order chi connectivity index (χ0) is 13.5. The van der Waals surface area contributed by atoms with Gasteiger partial charge in [-0.25, -0.2) is 0 Å². The first kappa shape index (κ1) is 14.1. The van der Waals surface area contributed by atoms with E-state index in [9.17, 15) is 0 Å². The molecule has 0 spiro atoms. The summed E-state index contributed by atoms with van der Waals surface area (Å²) in [6, 6.07) is 8.12. The summed E-state index contributed by atoms with van der Waals surface area (Å²) in [5, 5.41) is 6.77. The number of benzene rings is 1. The average molecular weight is 295 g/mol. The first-order valence-corrected chi connectivity index (χ1v) is 7.71. The molecule has 0 radical (unpaired) electrons. The van der Waals surface area contributed by atoms with Gasteiger partial charge in [-0.2, -0.15) is 16.9 Å². The quantitative estimate of drug-likeness (QED) is 0.606. The summed E-state index contributed by atoms with van der Waals surface area (Å²) in [5.74, 6) is 3.73. The number of aromatic amines is 2. The smallest absolute Gasteiger partial charge is 0.192 e. The zero-order valence-corrected chi connectivity index (χ0v) is 12.4. The number of thioether (sulfide) groups is 1. The van der Waals surface area contributed by atoms with E-state index in [1.165, 1.54) is 5.56 Å². The highest BCUT2D eigenvalue weighted by molar-refractivity contribution is 7.98. The Hall–Kier alpha value is -1.27. The zero-order valence-electron chi connectivity index (χ0n) is 10.8. The predicted octanol–water partition coefficient (Wildman–Crippen LogP) is 3.48. The van der Waals surface area contributed by atoms with Crippen molar-refractivity contribution in [3.8, 4) is 5.75 Å². The summed E-state index contributed by atoms with van der Waals surface area (Å²) >= 11 is 6.73. The summed E-state index contributed by atoms with van der Waals surface area (Å²) < 4.78 is 6.27. The SMILES string of the molecule is Cc1cccc(OCCCSCc2n[nH]c(=S)[nH]2)c1. The molecule has 0 aliphatic carbocycles. The van der Waals surface area contributed by atoms with Crippen molar-refractivity contribution in [2.75, 3.05) is 12.4 Å². The van der Waals surface area contributed by atoms with Gasteiger partial charge in [0.2, 0.25) is 0 Å². The Morgan fingerprint density at radius 2 is 2.32 bits per heavy atom. The fourth-order valence-corrected chi connectivity index (χ4v) is 2.56. The van der Waals surface area contributed by atoms with E-state index in [0.717, 1.165) is 36.1 Å². The van der Waals surface area contributed by atoms with Crippen LogP contribution in [0.1, 0.15) is 17.8 Å². The normalized spacial score (nSPS) is 10.6. The molecule has 1 aromatic heterocycles. The molecular weight excluding hydrogens is 278 g/mol. The van der Waals surface area contributed by atoms with E-state index in [1.807, 2.05) is 23.9 Å². The van der Waals surface area contributed by atoms with Gasteiger partial charge in [0.15, 0.2) is 4.77 Å². The summed E-state index contributed by atoms with van der Waals surface area (Å²) in [7, 11) is 0. The maximum atomic E-state index is 5.68. The van der Waals surface area contributed by atoms with Gasteiger partial charge in [-0.05, 0) is 49.0 Å². The van der Waals surface area contributed by atoms with Crippen LogP contribution in [0.2, 0.25) is 0 Å². The van der Waals surface area contributed by atoms with Crippen LogP contribution in [-0.4, -0.2) is 27.5 Å². The first-order valence-electron chi connectivity index (χ1n) is 6.15. The minimum absolute atomic E-state index is 0.582. The molecule has 0 aliphatic rings. The maximum Gasteiger partial charge on any atom is 0.192 e. The molecule has 102 valence electrons. The minimum Gasteiger partial charge on any atom is -0.494 e. The van der Waals surface area contributed by atoms with Crippen molar-refractivity contribution in [1.82, 2.24) is 15.2 Å². The van der Waals surface area contributed by atoms with Crippen molar-refractivity contribution in [2.45, 2.75) is 19.1 Å². The number of nitrogens with zero attached hydrogens (tertiary/aromatic N) is 1. The second-order valence-corrected chi connectivity index (χ2v) is 5.71. The highest BCUT2D eigenvalue weighted by Gasteiger charge is 1.98. The van der Waals surface area contributed by atoms with Gasteiger partial charge in [-0.1, -0.05) is 12.1 Å². The molecular formula is C13H17N3OS2. The number of hydrogen-bond acceptors (Lipinski definition) is 4. The second kappa shape index (κ2) is 7.35. The molecule has 0 atom stereocenters. The Kier molecular flexibility index (Phi) is 5.47. The van der Waals surface area contributed by atoms with Crippen molar-refractivity contribution >= 4 is 24.0 Å². The van der Waals surface area contributed by atoms with E-state index in [2.05, 4.69) is 34.2 Å². The third-order valence-electron chi connectivity index (χ3n) is 2.48. The van der Waals surface area contributed by atoms with Gasteiger partial charge < -0.3 is 9.72 Å². The van der Waals surface area contributed by atoms with Crippen LogP contribution in [0.5, 0.6) is 5.75 Å². The Balaban J connectivity index is 1.58. The summed E-state index contributed by atoms with van der Waals surface area (Å²) in [6.45, 7) is 2.81. The van der Waals surface area contributed by atoms with E-state index < -0.39 is 0 Å². The van der Waals surface area contributed by atoms with E-state index in [4.69, 9.17) is 17.0 Å². The lowest BCUT2D eigenvalue weighted by Crippen LogP contribution is -1.99. The number of rotatable bonds is 7. The van der Waals surface area contributed by atoms with Crippen molar-refractivity contribution in [2.24, 2.45) is 0 Å². The highest BCUT2D eigenvalue weighted by Crippen LogP contribution is 2.13. The number of H-pyrrole nitrogens is 2. The molecule has 0 fully saturated rings. The minimum atomic E-state index is 0.582. The van der Waals surface area contributed by atoms with Gasteiger partial charge in [0.25, 0.3) is 0 Å². The predicted molar refractivity (Wildman–Crippen MR) is 81.2 cm³/mol. The lowest BCUT2D eigenvalue weighted by molar-refractivity contribution is 0.318. The van der Waals surface area contributed by atoms with Crippen LogP contribution in [-0.2, 0) is 5.75 Å². The molecule has 0 saturated carbocycles. The van der Waals surface area contributed by atoms with Crippen molar-refractivity contribution in [3.63, 3.8) is 0 Å². The molecule has 0 saturated heterocycles. The third kappa shape index (κ3) is 5.08. The molecule has 4 nitrogen and oxygen atoms in total. The standard InChI is InChI=1S/C13H17N3OS2/c1-10-4-2-5-11(8-10)17-6-3-7-19-9-12-14-13(18)16-15-12/h2,4-5,8H,3,6-7,9H2,1H3,(H2,14,15,16,18). The van der Waals surface area contributed by atoms with E-state index in [-0.39, 0.29) is 0 Å². The van der Waals surface area contributed by atoms with Gasteiger partial charge in [0, 0.05) is 0 Å². The van der Waals surface area contributed by atoms with Crippen LogP contribution >= 0.6 is 24.0 Å². The van der Waals surface area contributed by atoms with Crippen LogP contribution in [0, 0.1) is 11.7 Å². The molecule has 2 rings (SSSR count). The lowest BCUT2D eigenvalue weighted by Gasteiger charge is -2.06. The second-order valence-electron chi connectivity index (χ2n) is 4.20. The summed E-state index contributed by atoms with van der Waals surface area (Å²) in [6.07, 6.45) is 1.02. The third-order valence-corrected chi connectivity index (χ3v) is 3.73. The van der Waals surface area contributed by atoms with E-state index >= 15 is 0 Å². The number of aryl methyl sites for hydroxylation is 1. The Bertz CT molecular complexity index is 565. The summed E-state index contributed by atoms with van der Waals surface area (Å²) in [5.41, 5.74) is 1.22. The van der Waals surface area contributed by atoms with Gasteiger partial charge in [-0.15, -0.1) is 0 Å². The lowest BCUT2D eigenvalue weighted by atomic mass is 10.2. The average Bonchev–Trinajstić information content (AvgIpc) is 2.79. The van der Waals surface area contributed by atoms with Gasteiger partial charge in [0.05, 0.1) is 12.4 Å². The molecule has 19 heavy (non-hydrogen) atoms. The van der Waals surface area contributed by atoms with Crippen LogP contribution in [0.4, 0.5) is 0 Å². The fourth-order valence-electron chi connectivity index (χ4n) is 1.60. The molecule has 2 aromatic rings. The molecule has 1 heterocycles. The van der Waals surface area contributed by atoms with Gasteiger partial charge in [0.1, 0.15) is 11.6 Å². The van der Waals surface area contributed by atoms with Gasteiger partial charge in [-0.3, -0.25) is 5.10 Å². The molecule has 0 bridgehead atoms. The molecule has 0 amide bonds. The molecule has 6 heteroatoms. The number of hydrogen-bond donors (Lipinski definition) is 2. The fraction of sp³-hybridized carbons (Fsp3) is 0.385. The Labute approximate surface area is 122 Å². The largest absolute Gasteiger partial charge is 0.494 e. The number of aromatic nitrogens is 3. The van der Waals surface area contributed by atoms with Gasteiger partial charge >= 0.3 is 0 Å². The van der Waals surface area contributed by atoms with E-state index in [0.29, 0.717) is 4.77 Å². The Morgan fingerprint density at radius 1 is 1.42 bits per heavy atom. The molecule has 0 unspecified atom stereocenters. The van der Waals surface area contributed by atoms with Crippen molar-refractivity contribution < 1.29 is 4.74 Å². The molecule has 1 aromatic carbocycles. The number of nitrogens with one attached hydrogen (secondary N) is 2. The topological polar surface area (TPSA) is 53.7 Å². The van der Waals surface area contributed by atoms with Crippen LogP contribution in [0.15, 0.2) is 24.3 Å². The molecule has 2 N–H and O–H groups in total. The summed E-state index contributed by atoms with van der Waals surface area (Å²) in [4.78, 5) is 3.00. The monoisotopic (exact) mass is 295 g/mol. The van der Waals surface area contributed by atoms with Crippen LogP contribution in [0.25, 0.3) is 0 Å². The number of ether oxygens (including phenoxy) is 1. The van der Waals surface area contributed by atoms with Crippen molar-refractivity contribution in [1.29, 1.82) is 0 Å². The first-order chi connectivity index (χ1) is 9.24. The Morgan fingerprint density at radius 3 is 3.05 bits per heavy atom. The maximum absolute atomic E-state index is 5.68. The van der Waals surface area contributed by atoms with Crippen LogP contribution < -0.4 is 4.74 Å². The van der Waals surface area contributed by atoms with E-state index in [1.54, 1.807) is 0 Å².